The van der Waals surface area contributed by atoms with Crippen LogP contribution in [0.3, 0.4) is 0 Å². The molecule has 0 saturated carbocycles. The molecular weight excluding hydrogens is 256 g/mol. The van der Waals surface area contributed by atoms with Crippen molar-refractivity contribution in [2.45, 2.75) is 12.6 Å². The lowest BCUT2D eigenvalue weighted by atomic mass is 10.1. The average molecular weight is 267 g/mol. The monoisotopic (exact) mass is 266 g/mol. The van der Waals surface area contributed by atoms with Gasteiger partial charge in [0.1, 0.15) is 0 Å². The van der Waals surface area contributed by atoms with Crippen LogP contribution in [0.25, 0.3) is 0 Å². The lowest BCUT2D eigenvalue weighted by Gasteiger charge is -2.17. The molecule has 0 unspecified atom stereocenters. The molecule has 0 aliphatic rings. The number of nitrogens with zero attached hydrogens (tertiary/aromatic N) is 3. The molecule has 1 amide bonds. The lowest BCUT2D eigenvalue weighted by Crippen LogP contribution is -2.30. The maximum absolute atomic E-state index is 10.8. The number of halogens is 1. The largest absolute Gasteiger partial charge is 0.465 e. The summed E-state index contributed by atoms with van der Waals surface area (Å²) in [5, 5.41) is 19.7. The zero-order chi connectivity index (χ0) is 13.0. The fourth-order valence-electron chi connectivity index (χ4n) is 1.63. The van der Waals surface area contributed by atoms with Gasteiger partial charge in [-0.3, -0.25) is 0 Å². The van der Waals surface area contributed by atoms with Crippen molar-refractivity contribution in [3.8, 4) is 0 Å². The summed E-state index contributed by atoms with van der Waals surface area (Å²) in [6.07, 6.45) is 1.95. The minimum atomic E-state index is -1.12. The Balaban J connectivity index is 2.25. The van der Waals surface area contributed by atoms with E-state index in [0.717, 1.165) is 0 Å². The first-order valence-corrected chi connectivity index (χ1v) is 5.62. The minimum absolute atomic E-state index is 0.281. The van der Waals surface area contributed by atoms with E-state index >= 15 is 0 Å². The van der Waals surface area contributed by atoms with Crippen LogP contribution >= 0.6 is 11.6 Å². The highest BCUT2D eigenvalue weighted by Crippen LogP contribution is 2.23. The van der Waals surface area contributed by atoms with Gasteiger partial charge in [-0.05, 0) is 11.6 Å². The van der Waals surface area contributed by atoms with Crippen molar-refractivity contribution in [2.75, 3.05) is 0 Å². The maximum atomic E-state index is 10.8. The van der Waals surface area contributed by atoms with Crippen LogP contribution in [0.15, 0.2) is 36.7 Å². The van der Waals surface area contributed by atoms with E-state index in [-0.39, 0.29) is 6.54 Å². The number of carbonyl (C=O) groups is 1. The molecule has 0 radical (unpaired) electrons. The molecule has 0 aliphatic heterocycles. The summed E-state index contributed by atoms with van der Waals surface area (Å²) in [4.78, 5) is 12.2. The van der Waals surface area contributed by atoms with Crippen molar-refractivity contribution >= 4 is 17.7 Å². The number of hydrogen-bond acceptors (Lipinski definition) is 3. The minimum Gasteiger partial charge on any atom is -0.465 e. The molecule has 0 aliphatic carbocycles. The number of amides is 1. The zero-order valence-electron chi connectivity index (χ0n) is 9.32. The molecule has 0 fully saturated rings. The quantitative estimate of drug-likeness (QED) is 0.886. The SMILES string of the molecule is O=C(O)N[C@H](Cn1nccn1)c1ccccc1Cl. The number of benzene rings is 1. The Bertz CT molecular complexity index is 530. The van der Waals surface area contributed by atoms with Gasteiger partial charge in [0.05, 0.1) is 25.0 Å². The van der Waals surface area contributed by atoms with E-state index in [4.69, 9.17) is 16.7 Å². The second-order valence-corrected chi connectivity index (χ2v) is 4.01. The molecule has 7 heteroatoms. The normalized spacial score (nSPS) is 12.1. The van der Waals surface area contributed by atoms with Crippen LogP contribution in [-0.4, -0.2) is 26.2 Å². The highest BCUT2D eigenvalue weighted by atomic mass is 35.5. The summed E-state index contributed by atoms with van der Waals surface area (Å²) in [6, 6.07) is 6.57. The summed E-state index contributed by atoms with van der Waals surface area (Å²) in [7, 11) is 0. The van der Waals surface area contributed by atoms with Crippen LogP contribution in [0, 0.1) is 0 Å². The molecule has 1 heterocycles. The van der Waals surface area contributed by atoms with Gasteiger partial charge >= 0.3 is 6.09 Å². The van der Waals surface area contributed by atoms with Gasteiger partial charge in [0, 0.05) is 5.02 Å². The Hall–Kier alpha value is -2.08. The Morgan fingerprint density at radius 2 is 2.06 bits per heavy atom. The number of nitrogens with one attached hydrogen (secondary N) is 1. The fraction of sp³-hybridized carbons (Fsp3) is 0.182. The van der Waals surface area contributed by atoms with Crippen molar-refractivity contribution in [1.29, 1.82) is 0 Å². The van der Waals surface area contributed by atoms with Crippen molar-refractivity contribution in [1.82, 2.24) is 20.3 Å². The molecule has 2 aromatic rings. The van der Waals surface area contributed by atoms with Gasteiger partial charge in [-0.1, -0.05) is 29.8 Å². The van der Waals surface area contributed by atoms with Crippen LogP contribution in [0.1, 0.15) is 11.6 Å². The summed E-state index contributed by atoms with van der Waals surface area (Å²) in [5.41, 5.74) is 0.693. The molecule has 2 N–H and O–H groups in total. The van der Waals surface area contributed by atoms with Gasteiger partial charge in [0.25, 0.3) is 0 Å². The second-order valence-electron chi connectivity index (χ2n) is 3.61. The predicted octanol–water partition coefficient (Wildman–Crippen LogP) is 1.94. The van der Waals surface area contributed by atoms with Crippen LogP contribution in [-0.2, 0) is 6.54 Å². The van der Waals surface area contributed by atoms with E-state index in [1.807, 2.05) is 0 Å². The molecule has 0 bridgehead atoms. The first-order valence-electron chi connectivity index (χ1n) is 5.25. The number of hydrogen-bond donors (Lipinski definition) is 2. The number of aromatic nitrogens is 3. The molecule has 94 valence electrons. The van der Waals surface area contributed by atoms with Gasteiger partial charge in [-0.2, -0.15) is 15.0 Å². The highest BCUT2D eigenvalue weighted by Gasteiger charge is 2.17. The molecule has 2 rings (SSSR count). The topological polar surface area (TPSA) is 80.0 Å². The van der Waals surface area contributed by atoms with E-state index in [1.165, 1.54) is 17.2 Å². The van der Waals surface area contributed by atoms with Crippen molar-refractivity contribution in [3.05, 3.63) is 47.2 Å². The van der Waals surface area contributed by atoms with E-state index in [2.05, 4.69) is 15.5 Å². The molecule has 0 saturated heterocycles. The van der Waals surface area contributed by atoms with E-state index in [9.17, 15) is 4.79 Å². The average Bonchev–Trinajstić information content (AvgIpc) is 2.81. The first kappa shape index (κ1) is 12.4. The lowest BCUT2D eigenvalue weighted by molar-refractivity contribution is 0.187. The summed E-state index contributed by atoms with van der Waals surface area (Å²) >= 11 is 6.06. The number of carboxylic acid groups (broad SMARTS) is 1. The molecule has 1 aromatic heterocycles. The Kier molecular flexibility index (Phi) is 3.78. The highest BCUT2D eigenvalue weighted by molar-refractivity contribution is 6.31. The van der Waals surface area contributed by atoms with Gasteiger partial charge < -0.3 is 10.4 Å². The second kappa shape index (κ2) is 5.50. The molecule has 18 heavy (non-hydrogen) atoms. The van der Waals surface area contributed by atoms with Gasteiger partial charge in [0.15, 0.2) is 0 Å². The number of rotatable bonds is 4. The molecule has 6 nitrogen and oxygen atoms in total. The summed E-state index contributed by atoms with van der Waals surface area (Å²) in [6.45, 7) is 0.281. The first-order chi connectivity index (χ1) is 8.66. The van der Waals surface area contributed by atoms with E-state index in [0.29, 0.717) is 10.6 Å². The fourth-order valence-corrected chi connectivity index (χ4v) is 1.90. The molecule has 1 atom stereocenters. The van der Waals surface area contributed by atoms with Gasteiger partial charge in [0.2, 0.25) is 0 Å². The standard InChI is InChI=1S/C11H11ClN4O2/c12-9-4-2-1-3-8(9)10(15-11(17)18)7-16-13-5-6-14-16/h1-6,10,15H,7H2,(H,17,18)/t10-/m1/s1. The Morgan fingerprint density at radius 3 is 2.67 bits per heavy atom. The van der Waals surface area contributed by atoms with Crippen molar-refractivity contribution in [2.24, 2.45) is 0 Å². The molecule has 0 spiro atoms. The van der Waals surface area contributed by atoms with Crippen LogP contribution in [0.4, 0.5) is 4.79 Å². The predicted molar refractivity (Wildman–Crippen MR) is 65.4 cm³/mol. The van der Waals surface area contributed by atoms with Crippen molar-refractivity contribution < 1.29 is 9.90 Å². The third kappa shape index (κ3) is 2.98. The van der Waals surface area contributed by atoms with Crippen LogP contribution in [0.5, 0.6) is 0 Å². The molecular formula is C11H11ClN4O2. The van der Waals surface area contributed by atoms with Gasteiger partial charge in [-0.15, -0.1) is 0 Å². The van der Waals surface area contributed by atoms with Crippen LogP contribution in [0.2, 0.25) is 5.02 Å². The third-order valence-electron chi connectivity index (χ3n) is 2.39. The molecule has 1 aromatic carbocycles. The van der Waals surface area contributed by atoms with Crippen LogP contribution < -0.4 is 5.32 Å². The smallest absolute Gasteiger partial charge is 0.405 e. The van der Waals surface area contributed by atoms with Gasteiger partial charge in [-0.25, -0.2) is 4.79 Å². The third-order valence-corrected chi connectivity index (χ3v) is 2.74. The van der Waals surface area contributed by atoms with Crippen molar-refractivity contribution in [3.63, 3.8) is 0 Å². The summed E-state index contributed by atoms with van der Waals surface area (Å²) < 4.78 is 0. The summed E-state index contributed by atoms with van der Waals surface area (Å²) in [5.74, 6) is 0. The Morgan fingerprint density at radius 1 is 1.39 bits per heavy atom. The van der Waals surface area contributed by atoms with E-state index in [1.54, 1.807) is 24.3 Å². The zero-order valence-corrected chi connectivity index (χ0v) is 10.1. The Labute approximate surface area is 108 Å². The maximum Gasteiger partial charge on any atom is 0.405 e. The van der Waals surface area contributed by atoms with E-state index < -0.39 is 12.1 Å².